The average molecular weight is 250 g/mol. The number of carbonyl (C=O) groups is 2. The number of carbonyl (C=O) groups excluding carboxylic acids is 2. The summed E-state index contributed by atoms with van der Waals surface area (Å²) in [6.45, 7) is 3.07. The number of hydrogen-bond acceptors (Lipinski definition) is 6. The van der Waals surface area contributed by atoms with Crippen molar-refractivity contribution >= 4 is 17.4 Å². The second-order valence-electron chi connectivity index (χ2n) is 3.50. The summed E-state index contributed by atoms with van der Waals surface area (Å²) in [4.78, 5) is 22.7. The van der Waals surface area contributed by atoms with Gasteiger partial charge in [0.25, 0.3) is 0 Å². The predicted molar refractivity (Wildman–Crippen MR) is 63.7 cm³/mol. The van der Waals surface area contributed by atoms with Crippen LogP contribution in [0.15, 0.2) is 34.5 Å². The Balaban J connectivity index is 2.80. The van der Waals surface area contributed by atoms with Gasteiger partial charge in [-0.05, 0) is 38.1 Å². The van der Waals surface area contributed by atoms with E-state index in [2.05, 4.69) is 10.2 Å². The summed E-state index contributed by atoms with van der Waals surface area (Å²) in [6, 6.07) is 4.66. The summed E-state index contributed by atoms with van der Waals surface area (Å²) < 4.78 is 4.72. The molecule has 6 heteroatoms. The van der Waals surface area contributed by atoms with Crippen LogP contribution in [-0.2, 0) is 14.3 Å². The molecule has 0 saturated heterocycles. The van der Waals surface area contributed by atoms with E-state index in [1.165, 1.54) is 31.2 Å². The zero-order chi connectivity index (χ0) is 13.5. The standard InChI is InChI=1S/C12H14N2O4/c1-3-18-12(17)11(8(2)15)14-13-9-4-6-10(16)7-5-9/h4-7,11,16H,3H2,1-2H3. The van der Waals surface area contributed by atoms with E-state index >= 15 is 0 Å². The van der Waals surface area contributed by atoms with E-state index in [4.69, 9.17) is 9.84 Å². The zero-order valence-corrected chi connectivity index (χ0v) is 10.2. The maximum atomic E-state index is 11.4. The highest BCUT2D eigenvalue weighted by atomic mass is 16.5. The number of hydrogen-bond donors (Lipinski definition) is 1. The van der Waals surface area contributed by atoms with E-state index in [0.29, 0.717) is 5.69 Å². The minimum Gasteiger partial charge on any atom is -0.508 e. The lowest BCUT2D eigenvalue weighted by atomic mass is 10.2. The molecule has 0 heterocycles. The molecule has 0 aliphatic carbocycles. The van der Waals surface area contributed by atoms with Crippen LogP contribution < -0.4 is 0 Å². The molecule has 18 heavy (non-hydrogen) atoms. The minimum absolute atomic E-state index is 0.0995. The van der Waals surface area contributed by atoms with Gasteiger partial charge < -0.3 is 9.84 Å². The summed E-state index contributed by atoms with van der Waals surface area (Å²) in [5.41, 5.74) is 0.434. The molecule has 1 aromatic carbocycles. The summed E-state index contributed by atoms with van der Waals surface area (Å²) in [5.74, 6) is -1.05. The predicted octanol–water partition coefficient (Wildman–Crippen LogP) is 2.00. The number of Topliss-reactive ketones (excluding diaryl/α,β-unsaturated/α-hetero) is 1. The van der Waals surface area contributed by atoms with Crippen molar-refractivity contribution in [3.05, 3.63) is 24.3 Å². The number of ether oxygens (including phenoxy) is 1. The Morgan fingerprint density at radius 1 is 1.33 bits per heavy atom. The third-order valence-electron chi connectivity index (χ3n) is 2.03. The SMILES string of the molecule is CCOC(=O)C(N=Nc1ccc(O)cc1)C(C)=O. The van der Waals surface area contributed by atoms with Gasteiger partial charge in [0.1, 0.15) is 5.75 Å². The number of benzene rings is 1. The topological polar surface area (TPSA) is 88.3 Å². The van der Waals surface area contributed by atoms with Crippen LogP contribution in [0.3, 0.4) is 0 Å². The Hall–Kier alpha value is -2.24. The first kappa shape index (κ1) is 13.8. The fourth-order valence-electron chi connectivity index (χ4n) is 1.16. The van der Waals surface area contributed by atoms with Crippen LogP contribution in [-0.4, -0.2) is 29.5 Å². The van der Waals surface area contributed by atoms with Crippen molar-refractivity contribution < 1.29 is 19.4 Å². The monoisotopic (exact) mass is 250 g/mol. The second-order valence-corrected chi connectivity index (χ2v) is 3.50. The van der Waals surface area contributed by atoms with Gasteiger partial charge in [-0.3, -0.25) is 4.79 Å². The number of azo groups is 1. The van der Waals surface area contributed by atoms with Gasteiger partial charge >= 0.3 is 5.97 Å². The van der Waals surface area contributed by atoms with Gasteiger partial charge in [0.05, 0.1) is 12.3 Å². The van der Waals surface area contributed by atoms with Gasteiger partial charge in [-0.15, -0.1) is 0 Å². The van der Waals surface area contributed by atoms with Crippen molar-refractivity contribution in [1.82, 2.24) is 0 Å². The number of ketones is 1. The Kier molecular flexibility index (Phi) is 4.98. The number of nitrogens with zero attached hydrogens (tertiary/aromatic N) is 2. The van der Waals surface area contributed by atoms with Gasteiger partial charge in [-0.2, -0.15) is 10.2 Å². The molecule has 1 rings (SSSR count). The number of aromatic hydroxyl groups is 1. The summed E-state index contributed by atoms with van der Waals surface area (Å²) >= 11 is 0. The lowest BCUT2D eigenvalue weighted by Gasteiger charge is -2.06. The van der Waals surface area contributed by atoms with Crippen molar-refractivity contribution in [1.29, 1.82) is 0 Å². The van der Waals surface area contributed by atoms with E-state index in [1.807, 2.05) is 0 Å². The van der Waals surface area contributed by atoms with E-state index in [9.17, 15) is 9.59 Å². The molecule has 96 valence electrons. The van der Waals surface area contributed by atoms with E-state index in [0.717, 1.165) is 0 Å². The Bertz CT molecular complexity index is 454. The number of esters is 1. The highest BCUT2D eigenvalue weighted by molar-refractivity contribution is 6.02. The van der Waals surface area contributed by atoms with Gasteiger partial charge in [-0.25, -0.2) is 4.79 Å². The molecule has 1 unspecified atom stereocenters. The molecule has 1 atom stereocenters. The van der Waals surface area contributed by atoms with Gasteiger partial charge in [0.15, 0.2) is 5.78 Å². The van der Waals surface area contributed by atoms with Gasteiger partial charge in [0.2, 0.25) is 6.04 Å². The van der Waals surface area contributed by atoms with Crippen molar-refractivity contribution in [3.8, 4) is 5.75 Å². The maximum absolute atomic E-state index is 11.4. The normalized spacial score (nSPS) is 12.3. The number of phenols is 1. The summed E-state index contributed by atoms with van der Waals surface area (Å²) in [5, 5.41) is 16.5. The molecule has 0 radical (unpaired) electrons. The average Bonchev–Trinajstić information content (AvgIpc) is 2.31. The highest BCUT2D eigenvalue weighted by Gasteiger charge is 2.24. The molecule has 0 amide bonds. The van der Waals surface area contributed by atoms with Crippen LogP contribution in [0.1, 0.15) is 13.8 Å². The lowest BCUT2D eigenvalue weighted by Crippen LogP contribution is -2.28. The first-order valence-electron chi connectivity index (χ1n) is 5.41. The Morgan fingerprint density at radius 3 is 2.44 bits per heavy atom. The highest BCUT2D eigenvalue weighted by Crippen LogP contribution is 2.17. The van der Waals surface area contributed by atoms with Gasteiger partial charge in [-0.1, -0.05) is 0 Å². The molecule has 1 aromatic rings. The van der Waals surface area contributed by atoms with Crippen LogP contribution in [0, 0.1) is 0 Å². The molecule has 0 spiro atoms. The minimum atomic E-state index is -1.24. The molecular weight excluding hydrogens is 236 g/mol. The Labute approximate surface area is 104 Å². The van der Waals surface area contributed by atoms with E-state index in [1.54, 1.807) is 6.92 Å². The molecule has 0 aromatic heterocycles. The number of phenolic OH excluding ortho intramolecular Hbond substituents is 1. The Morgan fingerprint density at radius 2 is 1.94 bits per heavy atom. The third kappa shape index (κ3) is 3.97. The molecular formula is C12H14N2O4. The van der Waals surface area contributed by atoms with Crippen LogP contribution in [0.2, 0.25) is 0 Å². The van der Waals surface area contributed by atoms with Crippen molar-refractivity contribution in [2.45, 2.75) is 19.9 Å². The molecule has 1 N–H and O–H groups in total. The molecule has 0 saturated carbocycles. The maximum Gasteiger partial charge on any atom is 0.340 e. The fraction of sp³-hybridized carbons (Fsp3) is 0.333. The fourth-order valence-corrected chi connectivity index (χ4v) is 1.16. The molecule has 0 fully saturated rings. The summed E-state index contributed by atoms with van der Waals surface area (Å²) in [7, 11) is 0. The van der Waals surface area contributed by atoms with Crippen LogP contribution in [0.4, 0.5) is 5.69 Å². The molecule has 0 aliphatic heterocycles. The van der Waals surface area contributed by atoms with Gasteiger partial charge in [0, 0.05) is 0 Å². The largest absolute Gasteiger partial charge is 0.508 e. The summed E-state index contributed by atoms with van der Waals surface area (Å²) in [6.07, 6.45) is 0. The van der Waals surface area contributed by atoms with E-state index in [-0.39, 0.29) is 12.4 Å². The first-order valence-corrected chi connectivity index (χ1v) is 5.41. The van der Waals surface area contributed by atoms with E-state index < -0.39 is 17.8 Å². The van der Waals surface area contributed by atoms with Crippen LogP contribution >= 0.6 is 0 Å². The second kappa shape index (κ2) is 6.48. The van der Waals surface area contributed by atoms with Crippen molar-refractivity contribution in [3.63, 3.8) is 0 Å². The molecule has 0 aliphatic rings. The van der Waals surface area contributed by atoms with Crippen molar-refractivity contribution in [2.75, 3.05) is 6.61 Å². The smallest absolute Gasteiger partial charge is 0.340 e. The zero-order valence-electron chi connectivity index (χ0n) is 10.2. The number of rotatable bonds is 5. The first-order chi connectivity index (χ1) is 8.54. The molecule has 0 bridgehead atoms. The van der Waals surface area contributed by atoms with Crippen LogP contribution in [0.25, 0.3) is 0 Å². The third-order valence-corrected chi connectivity index (χ3v) is 2.03. The molecule has 6 nitrogen and oxygen atoms in total. The van der Waals surface area contributed by atoms with Crippen molar-refractivity contribution in [2.24, 2.45) is 10.2 Å². The lowest BCUT2D eigenvalue weighted by molar-refractivity contribution is -0.147. The van der Waals surface area contributed by atoms with Crippen LogP contribution in [0.5, 0.6) is 5.75 Å². The quantitative estimate of drug-likeness (QED) is 0.491.